The number of rotatable bonds is 9. The zero-order valence-corrected chi connectivity index (χ0v) is 18.5. The van der Waals surface area contributed by atoms with Crippen molar-refractivity contribution in [3.05, 3.63) is 35.4 Å². The number of hydrogen-bond acceptors (Lipinski definition) is 6. The Morgan fingerprint density at radius 3 is 2.77 bits per heavy atom. The number of carbonyl (C=O) groups excluding carboxylic acids is 1. The Labute approximate surface area is 178 Å². The van der Waals surface area contributed by atoms with Gasteiger partial charge in [0.25, 0.3) is 0 Å². The van der Waals surface area contributed by atoms with E-state index in [4.69, 9.17) is 9.47 Å². The summed E-state index contributed by atoms with van der Waals surface area (Å²) >= 11 is 0. The van der Waals surface area contributed by atoms with Crippen LogP contribution >= 0.6 is 0 Å². The highest BCUT2D eigenvalue weighted by Crippen LogP contribution is 2.28. The fourth-order valence-corrected chi connectivity index (χ4v) is 3.59. The first kappa shape index (κ1) is 22.1. The third-order valence-corrected chi connectivity index (χ3v) is 5.61. The molecule has 0 saturated heterocycles. The molecule has 1 aromatic heterocycles. The first-order valence-corrected chi connectivity index (χ1v) is 10.8. The van der Waals surface area contributed by atoms with Crippen LogP contribution in [0.2, 0.25) is 0 Å². The van der Waals surface area contributed by atoms with Crippen molar-refractivity contribution in [2.45, 2.75) is 53.2 Å². The normalized spacial score (nSPS) is 15.2. The van der Waals surface area contributed by atoms with E-state index < -0.39 is 0 Å². The molecule has 30 heavy (non-hydrogen) atoms. The average molecular weight is 416 g/mol. The van der Waals surface area contributed by atoms with Crippen LogP contribution in [0.5, 0.6) is 11.5 Å². The first-order valence-electron chi connectivity index (χ1n) is 10.8. The van der Waals surface area contributed by atoms with Crippen LogP contribution in [0.25, 0.3) is 0 Å². The summed E-state index contributed by atoms with van der Waals surface area (Å²) in [6.45, 7) is 10.4. The lowest BCUT2D eigenvalue weighted by molar-refractivity contribution is -0.124. The molecule has 8 nitrogen and oxygen atoms in total. The lowest BCUT2D eigenvalue weighted by Crippen LogP contribution is -2.30. The van der Waals surface area contributed by atoms with Gasteiger partial charge in [-0.1, -0.05) is 19.9 Å². The van der Waals surface area contributed by atoms with E-state index in [9.17, 15) is 4.79 Å². The zero-order chi connectivity index (χ0) is 21.5. The van der Waals surface area contributed by atoms with Crippen molar-refractivity contribution >= 4 is 5.91 Å². The molecule has 8 heteroatoms. The second-order valence-corrected chi connectivity index (χ2v) is 7.66. The highest BCUT2D eigenvalue weighted by atomic mass is 16.5. The van der Waals surface area contributed by atoms with Gasteiger partial charge in [0.1, 0.15) is 5.82 Å². The molecule has 1 amide bonds. The molecule has 3 rings (SSSR count). The highest BCUT2D eigenvalue weighted by Gasteiger charge is 2.20. The van der Waals surface area contributed by atoms with E-state index in [-0.39, 0.29) is 11.8 Å². The standard InChI is InChI=1S/C22H33N5O3/c1-5-16(3)22(28)23-14-21-25-24-20-9-10-26(11-12-27(20)21)15-17-7-8-18(29-4)19(13-17)30-6-2/h7-8,13,16H,5-6,9-12,14-15H2,1-4H3,(H,23,28). The van der Waals surface area contributed by atoms with Gasteiger partial charge < -0.3 is 19.4 Å². The fourth-order valence-electron chi connectivity index (χ4n) is 3.59. The van der Waals surface area contributed by atoms with Gasteiger partial charge in [0, 0.05) is 38.5 Å². The first-order chi connectivity index (χ1) is 14.5. The number of hydrogen-bond donors (Lipinski definition) is 1. The molecule has 1 N–H and O–H groups in total. The lowest BCUT2D eigenvalue weighted by atomic mass is 10.1. The van der Waals surface area contributed by atoms with Crippen LogP contribution in [-0.2, 0) is 30.8 Å². The molecule has 0 bridgehead atoms. The summed E-state index contributed by atoms with van der Waals surface area (Å²) in [6, 6.07) is 6.11. The third kappa shape index (κ3) is 5.30. The molecule has 2 aromatic rings. The molecule has 164 valence electrons. The van der Waals surface area contributed by atoms with E-state index in [1.165, 1.54) is 5.56 Å². The Morgan fingerprint density at radius 1 is 1.20 bits per heavy atom. The Hall–Kier alpha value is -2.61. The molecular formula is C22H33N5O3. The predicted molar refractivity (Wildman–Crippen MR) is 114 cm³/mol. The second kappa shape index (κ2) is 10.4. The van der Waals surface area contributed by atoms with Gasteiger partial charge in [-0.05, 0) is 31.0 Å². The molecule has 0 aliphatic carbocycles. The molecule has 1 unspecified atom stereocenters. The minimum Gasteiger partial charge on any atom is -0.493 e. The van der Waals surface area contributed by atoms with Crippen LogP contribution in [0.15, 0.2) is 18.2 Å². The van der Waals surface area contributed by atoms with Crippen molar-refractivity contribution in [3.8, 4) is 11.5 Å². The fraction of sp³-hybridized carbons (Fsp3) is 0.591. The van der Waals surface area contributed by atoms with Crippen molar-refractivity contribution in [1.82, 2.24) is 25.0 Å². The van der Waals surface area contributed by atoms with Gasteiger partial charge in [0.2, 0.25) is 5.91 Å². The number of nitrogens with one attached hydrogen (secondary N) is 1. The van der Waals surface area contributed by atoms with Gasteiger partial charge >= 0.3 is 0 Å². The van der Waals surface area contributed by atoms with Crippen molar-refractivity contribution in [2.24, 2.45) is 5.92 Å². The maximum absolute atomic E-state index is 12.1. The minimum absolute atomic E-state index is 0.0121. The van der Waals surface area contributed by atoms with Crippen molar-refractivity contribution in [3.63, 3.8) is 0 Å². The number of methoxy groups -OCH3 is 1. The number of benzene rings is 1. The summed E-state index contributed by atoms with van der Waals surface area (Å²) in [7, 11) is 1.66. The zero-order valence-electron chi connectivity index (χ0n) is 18.5. The van der Waals surface area contributed by atoms with Crippen LogP contribution in [0.4, 0.5) is 0 Å². The molecule has 0 saturated carbocycles. The molecule has 1 atom stereocenters. The van der Waals surface area contributed by atoms with Crippen LogP contribution in [0, 0.1) is 5.92 Å². The molecule has 0 fully saturated rings. The Morgan fingerprint density at radius 2 is 2.03 bits per heavy atom. The summed E-state index contributed by atoms with van der Waals surface area (Å²) in [5, 5.41) is 11.7. The van der Waals surface area contributed by atoms with E-state index in [0.717, 1.165) is 62.2 Å². The quantitative estimate of drug-likeness (QED) is 0.677. The summed E-state index contributed by atoms with van der Waals surface area (Å²) < 4.78 is 13.2. The smallest absolute Gasteiger partial charge is 0.223 e. The largest absolute Gasteiger partial charge is 0.493 e. The molecular weight excluding hydrogens is 382 g/mol. The molecule has 0 spiro atoms. The van der Waals surface area contributed by atoms with Gasteiger partial charge in [-0.2, -0.15) is 0 Å². The van der Waals surface area contributed by atoms with Crippen LogP contribution in [0.1, 0.15) is 44.4 Å². The molecule has 1 aromatic carbocycles. The van der Waals surface area contributed by atoms with E-state index in [0.29, 0.717) is 13.2 Å². The molecule has 2 heterocycles. The topological polar surface area (TPSA) is 81.5 Å². The number of amides is 1. The van der Waals surface area contributed by atoms with E-state index >= 15 is 0 Å². The number of aromatic nitrogens is 3. The SMILES string of the molecule is CCOc1cc(CN2CCc3nnc(CNC(=O)C(C)CC)n3CC2)ccc1OC. The minimum atomic E-state index is 0.0121. The third-order valence-electron chi connectivity index (χ3n) is 5.61. The number of nitrogens with zero attached hydrogens (tertiary/aromatic N) is 4. The molecule has 1 aliphatic heterocycles. The molecule has 1 aliphatic rings. The van der Waals surface area contributed by atoms with Crippen molar-refractivity contribution < 1.29 is 14.3 Å². The summed E-state index contributed by atoms with van der Waals surface area (Å²) in [6.07, 6.45) is 1.66. The van der Waals surface area contributed by atoms with Gasteiger partial charge in [-0.3, -0.25) is 9.69 Å². The summed E-state index contributed by atoms with van der Waals surface area (Å²) in [5.41, 5.74) is 1.19. The van der Waals surface area contributed by atoms with Crippen LogP contribution in [0.3, 0.4) is 0 Å². The number of fused-ring (bicyclic) bond motifs is 1. The molecule has 0 radical (unpaired) electrons. The van der Waals surface area contributed by atoms with E-state index in [1.54, 1.807) is 7.11 Å². The lowest BCUT2D eigenvalue weighted by Gasteiger charge is -2.20. The van der Waals surface area contributed by atoms with E-state index in [1.807, 2.05) is 26.8 Å². The van der Waals surface area contributed by atoms with Crippen LogP contribution < -0.4 is 14.8 Å². The van der Waals surface area contributed by atoms with Gasteiger partial charge in [-0.15, -0.1) is 10.2 Å². The number of ether oxygens (including phenoxy) is 2. The van der Waals surface area contributed by atoms with Gasteiger partial charge in [-0.25, -0.2) is 0 Å². The maximum atomic E-state index is 12.1. The Bertz CT molecular complexity index is 851. The monoisotopic (exact) mass is 415 g/mol. The number of carbonyl (C=O) groups is 1. The summed E-state index contributed by atoms with van der Waals surface area (Å²) in [4.78, 5) is 14.5. The van der Waals surface area contributed by atoms with Crippen molar-refractivity contribution in [1.29, 1.82) is 0 Å². The Kier molecular flexibility index (Phi) is 7.68. The van der Waals surface area contributed by atoms with Crippen LogP contribution in [-0.4, -0.2) is 52.4 Å². The Balaban J connectivity index is 1.61. The average Bonchev–Trinajstić information content (AvgIpc) is 3.04. The highest BCUT2D eigenvalue weighted by molar-refractivity contribution is 5.78. The van der Waals surface area contributed by atoms with Gasteiger partial charge in [0.05, 0.1) is 20.3 Å². The van der Waals surface area contributed by atoms with Crippen molar-refractivity contribution in [2.75, 3.05) is 26.8 Å². The van der Waals surface area contributed by atoms with E-state index in [2.05, 4.69) is 37.1 Å². The summed E-state index contributed by atoms with van der Waals surface area (Å²) in [5.74, 6) is 3.42. The maximum Gasteiger partial charge on any atom is 0.223 e. The second-order valence-electron chi connectivity index (χ2n) is 7.66. The predicted octanol–water partition coefficient (Wildman–Crippen LogP) is 2.41. The van der Waals surface area contributed by atoms with Gasteiger partial charge in [0.15, 0.2) is 17.3 Å².